The molecule has 3 aromatic carbocycles. The third-order valence-corrected chi connectivity index (χ3v) is 3.76. The summed E-state index contributed by atoms with van der Waals surface area (Å²) in [7, 11) is 0. The van der Waals surface area contributed by atoms with E-state index in [-0.39, 0.29) is 18.2 Å². The van der Waals surface area contributed by atoms with Crippen LogP contribution in [0.1, 0.15) is 21.5 Å². The number of benzene rings is 3. The molecule has 6 heteroatoms. The van der Waals surface area contributed by atoms with Crippen LogP contribution in [0.2, 0.25) is 0 Å². The lowest BCUT2D eigenvalue weighted by Gasteiger charge is -2.09. The van der Waals surface area contributed by atoms with Gasteiger partial charge in [0.1, 0.15) is 23.9 Å². The monoisotopic (exact) mass is 364 g/mol. The standard InChI is InChI=1S/C21H17FN2O3/c22-19-7-3-1-6-17(19)14-27-20-8-4-2-5-16(20)13-23-24-21(26)15-9-11-18(25)12-10-15/h1-13,25H,14H2,(H,24,26)/b23-13+. The van der Waals surface area contributed by atoms with Gasteiger partial charge in [-0.05, 0) is 42.5 Å². The average molecular weight is 364 g/mol. The van der Waals surface area contributed by atoms with Crippen LogP contribution in [0.5, 0.6) is 11.5 Å². The van der Waals surface area contributed by atoms with Crippen molar-refractivity contribution in [3.05, 3.63) is 95.3 Å². The molecule has 2 N–H and O–H groups in total. The van der Waals surface area contributed by atoms with Crippen LogP contribution in [0.4, 0.5) is 4.39 Å². The highest BCUT2D eigenvalue weighted by atomic mass is 19.1. The van der Waals surface area contributed by atoms with E-state index in [1.54, 1.807) is 42.5 Å². The number of hydrogen-bond donors (Lipinski definition) is 2. The fourth-order valence-corrected chi connectivity index (χ4v) is 2.33. The second-order valence-electron chi connectivity index (χ2n) is 5.66. The molecule has 0 bridgehead atoms. The average Bonchev–Trinajstić information content (AvgIpc) is 2.69. The summed E-state index contributed by atoms with van der Waals surface area (Å²) in [6, 6.07) is 19.3. The highest BCUT2D eigenvalue weighted by Crippen LogP contribution is 2.18. The molecule has 0 unspecified atom stereocenters. The Kier molecular flexibility index (Phi) is 5.79. The lowest BCUT2D eigenvalue weighted by Crippen LogP contribution is -2.17. The summed E-state index contributed by atoms with van der Waals surface area (Å²) in [5.41, 5.74) is 3.87. The summed E-state index contributed by atoms with van der Waals surface area (Å²) in [5.74, 6) is -0.139. The molecule has 5 nitrogen and oxygen atoms in total. The van der Waals surface area contributed by atoms with Gasteiger partial charge in [-0.15, -0.1) is 0 Å². The van der Waals surface area contributed by atoms with Crippen LogP contribution >= 0.6 is 0 Å². The van der Waals surface area contributed by atoms with E-state index in [1.165, 1.54) is 36.5 Å². The van der Waals surface area contributed by atoms with Gasteiger partial charge in [0.15, 0.2) is 0 Å². The summed E-state index contributed by atoms with van der Waals surface area (Å²) in [6.45, 7) is 0.0807. The molecule has 1 amide bonds. The highest BCUT2D eigenvalue weighted by molar-refractivity contribution is 5.95. The first kappa shape index (κ1) is 18.1. The smallest absolute Gasteiger partial charge is 0.271 e. The summed E-state index contributed by atoms with van der Waals surface area (Å²) >= 11 is 0. The number of hydrogen-bond acceptors (Lipinski definition) is 4. The molecule has 0 saturated heterocycles. The zero-order valence-corrected chi connectivity index (χ0v) is 14.3. The van der Waals surface area contributed by atoms with E-state index in [0.29, 0.717) is 22.4 Å². The largest absolute Gasteiger partial charge is 0.508 e. The summed E-state index contributed by atoms with van der Waals surface area (Å²) < 4.78 is 19.4. The number of nitrogens with zero attached hydrogens (tertiary/aromatic N) is 1. The number of carbonyl (C=O) groups is 1. The molecule has 136 valence electrons. The lowest BCUT2D eigenvalue weighted by molar-refractivity contribution is 0.0955. The number of halogens is 1. The predicted octanol–water partition coefficient (Wildman–Crippen LogP) is 3.87. The van der Waals surface area contributed by atoms with Crippen molar-refractivity contribution in [3.8, 4) is 11.5 Å². The molecule has 0 aliphatic carbocycles. The molecule has 27 heavy (non-hydrogen) atoms. The molecule has 0 aromatic heterocycles. The van der Waals surface area contributed by atoms with Gasteiger partial charge < -0.3 is 9.84 Å². The number of carbonyl (C=O) groups excluding carboxylic acids is 1. The zero-order chi connectivity index (χ0) is 19.1. The first-order valence-electron chi connectivity index (χ1n) is 8.21. The lowest BCUT2D eigenvalue weighted by atomic mass is 10.2. The number of hydrazone groups is 1. The molecule has 0 atom stereocenters. The second-order valence-corrected chi connectivity index (χ2v) is 5.66. The molecule has 3 aromatic rings. The third-order valence-electron chi connectivity index (χ3n) is 3.76. The fourth-order valence-electron chi connectivity index (χ4n) is 2.33. The van der Waals surface area contributed by atoms with E-state index >= 15 is 0 Å². The molecule has 0 spiro atoms. The van der Waals surface area contributed by atoms with Gasteiger partial charge in [-0.2, -0.15) is 5.10 Å². The second kappa shape index (κ2) is 8.62. The number of aromatic hydroxyl groups is 1. The van der Waals surface area contributed by atoms with Gasteiger partial charge in [-0.1, -0.05) is 30.3 Å². The Balaban J connectivity index is 1.65. The van der Waals surface area contributed by atoms with Crippen molar-refractivity contribution in [2.24, 2.45) is 5.10 Å². The quantitative estimate of drug-likeness (QED) is 0.515. The van der Waals surface area contributed by atoms with Gasteiger partial charge in [0.2, 0.25) is 0 Å². The summed E-state index contributed by atoms with van der Waals surface area (Å²) in [5, 5.41) is 13.2. The van der Waals surface area contributed by atoms with Gasteiger partial charge in [-0.25, -0.2) is 9.82 Å². The summed E-state index contributed by atoms with van der Waals surface area (Å²) in [4.78, 5) is 12.0. The minimum absolute atomic E-state index is 0.0796. The van der Waals surface area contributed by atoms with Crippen molar-refractivity contribution in [2.45, 2.75) is 6.61 Å². The third kappa shape index (κ3) is 4.92. The zero-order valence-electron chi connectivity index (χ0n) is 14.3. The van der Waals surface area contributed by atoms with Gasteiger partial charge in [0.25, 0.3) is 5.91 Å². The SMILES string of the molecule is O=C(N/N=C/c1ccccc1OCc1ccccc1F)c1ccc(O)cc1. The Bertz CT molecular complexity index is 956. The summed E-state index contributed by atoms with van der Waals surface area (Å²) in [6.07, 6.45) is 1.45. The first-order chi connectivity index (χ1) is 13.1. The topological polar surface area (TPSA) is 70.9 Å². The van der Waals surface area contributed by atoms with Crippen LogP contribution in [0.3, 0.4) is 0 Å². The Morgan fingerprint density at radius 1 is 1.04 bits per heavy atom. The predicted molar refractivity (Wildman–Crippen MR) is 100 cm³/mol. The van der Waals surface area contributed by atoms with Crippen LogP contribution in [-0.4, -0.2) is 17.2 Å². The Labute approximate surface area is 155 Å². The number of amides is 1. The maximum atomic E-state index is 13.7. The molecule has 0 heterocycles. The van der Waals surface area contributed by atoms with E-state index < -0.39 is 5.91 Å². The van der Waals surface area contributed by atoms with Gasteiger partial charge in [-0.3, -0.25) is 4.79 Å². The molecular formula is C21H17FN2O3. The van der Waals surface area contributed by atoms with Gasteiger partial charge >= 0.3 is 0 Å². The minimum Gasteiger partial charge on any atom is -0.508 e. The van der Waals surface area contributed by atoms with Crippen molar-refractivity contribution in [2.75, 3.05) is 0 Å². The van der Waals surface area contributed by atoms with Crippen LogP contribution < -0.4 is 10.2 Å². The van der Waals surface area contributed by atoms with E-state index in [0.717, 1.165) is 0 Å². The maximum Gasteiger partial charge on any atom is 0.271 e. The van der Waals surface area contributed by atoms with Gasteiger partial charge in [0, 0.05) is 16.7 Å². The van der Waals surface area contributed by atoms with Crippen LogP contribution in [0.15, 0.2) is 77.9 Å². The van der Waals surface area contributed by atoms with E-state index in [1.807, 2.05) is 0 Å². The van der Waals surface area contributed by atoms with Crippen molar-refractivity contribution in [3.63, 3.8) is 0 Å². The van der Waals surface area contributed by atoms with Gasteiger partial charge in [0.05, 0.1) is 6.21 Å². The normalized spacial score (nSPS) is 10.7. The van der Waals surface area contributed by atoms with Crippen LogP contribution in [-0.2, 0) is 6.61 Å². The van der Waals surface area contributed by atoms with Crippen LogP contribution in [0, 0.1) is 5.82 Å². The maximum absolute atomic E-state index is 13.7. The van der Waals surface area contributed by atoms with Crippen LogP contribution in [0.25, 0.3) is 0 Å². The fraction of sp³-hybridized carbons (Fsp3) is 0.0476. The Morgan fingerprint density at radius 2 is 1.74 bits per heavy atom. The van der Waals surface area contributed by atoms with Crippen molar-refractivity contribution in [1.29, 1.82) is 0 Å². The van der Waals surface area contributed by atoms with E-state index in [9.17, 15) is 14.3 Å². The molecular weight excluding hydrogens is 347 g/mol. The van der Waals surface area contributed by atoms with Crippen molar-refractivity contribution in [1.82, 2.24) is 5.43 Å². The molecule has 3 rings (SSSR count). The molecule has 0 saturated carbocycles. The Hall–Kier alpha value is -3.67. The van der Waals surface area contributed by atoms with E-state index in [4.69, 9.17) is 4.74 Å². The molecule has 0 fully saturated rings. The number of para-hydroxylation sites is 1. The highest BCUT2D eigenvalue weighted by Gasteiger charge is 2.06. The van der Waals surface area contributed by atoms with Crippen molar-refractivity contribution < 1.29 is 19.0 Å². The molecule has 0 radical (unpaired) electrons. The number of phenols is 1. The number of phenolic OH excluding ortho intramolecular Hbond substituents is 1. The number of rotatable bonds is 6. The first-order valence-corrected chi connectivity index (χ1v) is 8.21. The van der Waals surface area contributed by atoms with Crippen molar-refractivity contribution >= 4 is 12.1 Å². The molecule has 0 aliphatic rings. The number of ether oxygens (including phenoxy) is 1. The molecule has 0 aliphatic heterocycles. The Morgan fingerprint density at radius 3 is 2.52 bits per heavy atom. The number of nitrogens with one attached hydrogen (secondary N) is 1. The van der Waals surface area contributed by atoms with E-state index in [2.05, 4.69) is 10.5 Å². The minimum atomic E-state index is -0.406.